The molecular weight excluding hydrogens is 278 g/mol. The molecule has 3 nitrogen and oxygen atoms in total. The number of rotatable bonds is 4. The maximum Gasteiger partial charge on any atom is 0.175 e. The number of thiocarbonyl (C=S) groups is 1. The summed E-state index contributed by atoms with van der Waals surface area (Å²) in [4.78, 5) is 0. The Balaban J connectivity index is 1.96. The Hall–Kier alpha value is -2.38. The molecule has 0 aliphatic heterocycles. The molecule has 0 spiro atoms. The fraction of sp³-hybridized carbons (Fsp3) is 0.176. The molecule has 0 heterocycles. The zero-order chi connectivity index (χ0) is 15.1. The molecule has 0 fully saturated rings. The highest BCUT2D eigenvalue weighted by molar-refractivity contribution is 7.80. The summed E-state index contributed by atoms with van der Waals surface area (Å²) in [5.74, 6) is 0. The average Bonchev–Trinajstić information content (AvgIpc) is 2.49. The van der Waals surface area contributed by atoms with Crippen molar-refractivity contribution in [3.63, 3.8) is 0 Å². The van der Waals surface area contributed by atoms with E-state index >= 15 is 0 Å². The Kier molecular flexibility index (Phi) is 5.30. The second-order valence-electron chi connectivity index (χ2n) is 4.66. The van der Waals surface area contributed by atoms with E-state index in [1.807, 2.05) is 36.4 Å². The molecule has 2 aromatic carbocycles. The molecule has 0 amide bonds. The molecule has 21 heavy (non-hydrogen) atoms. The van der Waals surface area contributed by atoms with Crippen LogP contribution < -0.4 is 10.6 Å². The SMILES string of the molecule is CCc1cccc(NC(=S)Nc2ccc(CC#N)cc2)c1. The number of nitrogens with one attached hydrogen (secondary N) is 2. The van der Waals surface area contributed by atoms with Gasteiger partial charge in [-0.25, -0.2) is 0 Å². The molecule has 0 saturated heterocycles. The molecule has 0 atom stereocenters. The van der Waals surface area contributed by atoms with Gasteiger partial charge in [0.25, 0.3) is 0 Å². The first-order chi connectivity index (χ1) is 10.2. The summed E-state index contributed by atoms with van der Waals surface area (Å²) in [6, 6.07) is 18.0. The van der Waals surface area contributed by atoms with Crippen molar-refractivity contribution in [2.24, 2.45) is 0 Å². The highest BCUT2D eigenvalue weighted by atomic mass is 32.1. The molecule has 0 saturated carbocycles. The molecule has 2 rings (SSSR count). The van der Waals surface area contributed by atoms with Crippen LogP contribution in [0, 0.1) is 11.3 Å². The monoisotopic (exact) mass is 295 g/mol. The highest BCUT2D eigenvalue weighted by Crippen LogP contribution is 2.13. The van der Waals surface area contributed by atoms with Gasteiger partial charge in [0.15, 0.2) is 5.11 Å². The number of anilines is 2. The van der Waals surface area contributed by atoms with Crippen LogP contribution in [-0.4, -0.2) is 5.11 Å². The van der Waals surface area contributed by atoms with Gasteiger partial charge in [0.05, 0.1) is 12.5 Å². The number of aryl methyl sites for hydroxylation is 1. The quantitative estimate of drug-likeness (QED) is 0.833. The van der Waals surface area contributed by atoms with Crippen molar-refractivity contribution in [2.45, 2.75) is 19.8 Å². The van der Waals surface area contributed by atoms with Crippen LogP contribution in [0.1, 0.15) is 18.1 Å². The largest absolute Gasteiger partial charge is 0.332 e. The van der Waals surface area contributed by atoms with E-state index in [1.165, 1.54) is 5.56 Å². The average molecular weight is 295 g/mol. The van der Waals surface area contributed by atoms with Crippen molar-refractivity contribution in [1.82, 2.24) is 0 Å². The molecule has 106 valence electrons. The summed E-state index contributed by atoms with van der Waals surface area (Å²) in [6.07, 6.45) is 1.42. The van der Waals surface area contributed by atoms with Crippen LogP contribution in [0.2, 0.25) is 0 Å². The minimum atomic E-state index is 0.423. The number of benzene rings is 2. The van der Waals surface area contributed by atoms with Crippen LogP contribution in [0.25, 0.3) is 0 Å². The van der Waals surface area contributed by atoms with Crippen LogP contribution >= 0.6 is 12.2 Å². The van der Waals surface area contributed by atoms with Crippen LogP contribution in [0.4, 0.5) is 11.4 Å². The van der Waals surface area contributed by atoms with Gasteiger partial charge in [0, 0.05) is 11.4 Å². The molecular formula is C17H17N3S. The van der Waals surface area contributed by atoms with Crippen LogP contribution in [-0.2, 0) is 12.8 Å². The first kappa shape index (κ1) is 15.0. The van der Waals surface area contributed by atoms with Gasteiger partial charge in [-0.3, -0.25) is 0 Å². The fourth-order valence-corrected chi connectivity index (χ4v) is 2.20. The highest BCUT2D eigenvalue weighted by Gasteiger charge is 2.00. The van der Waals surface area contributed by atoms with Gasteiger partial charge in [-0.2, -0.15) is 5.26 Å². The zero-order valence-electron chi connectivity index (χ0n) is 11.9. The van der Waals surface area contributed by atoms with E-state index in [9.17, 15) is 0 Å². The van der Waals surface area contributed by atoms with E-state index in [-0.39, 0.29) is 0 Å². The zero-order valence-corrected chi connectivity index (χ0v) is 12.7. The van der Waals surface area contributed by atoms with Gasteiger partial charge in [0.2, 0.25) is 0 Å². The van der Waals surface area contributed by atoms with Gasteiger partial charge in [-0.15, -0.1) is 0 Å². The van der Waals surface area contributed by atoms with Gasteiger partial charge in [-0.1, -0.05) is 31.2 Å². The van der Waals surface area contributed by atoms with Crippen molar-refractivity contribution in [2.75, 3.05) is 10.6 Å². The predicted octanol–water partition coefficient (Wildman–Crippen LogP) is 4.12. The Morgan fingerprint density at radius 2 is 1.76 bits per heavy atom. The third-order valence-corrected chi connectivity index (χ3v) is 3.29. The number of hydrogen-bond donors (Lipinski definition) is 2. The van der Waals surface area contributed by atoms with E-state index in [1.54, 1.807) is 0 Å². The lowest BCUT2D eigenvalue weighted by Gasteiger charge is -2.11. The smallest absolute Gasteiger partial charge is 0.175 e. The Bertz CT molecular complexity index is 656. The standard InChI is InChI=1S/C17H17N3S/c1-2-13-4-3-5-16(12-13)20-17(21)19-15-8-6-14(7-9-15)10-11-18/h3-9,12H,2,10H2,1H3,(H2,19,20,21). The van der Waals surface area contributed by atoms with E-state index in [2.05, 4.69) is 35.8 Å². The lowest BCUT2D eigenvalue weighted by atomic mass is 10.1. The summed E-state index contributed by atoms with van der Waals surface area (Å²) in [7, 11) is 0. The third kappa shape index (κ3) is 4.59. The van der Waals surface area contributed by atoms with Gasteiger partial charge >= 0.3 is 0 Å². The number of hydrogen-bond acceptors (Lipinski definition) is 2. The van der Waals surface area contributed by atoms with Gasteiger partial charge in [-0.05, 0) is 54.0 Å². The van der Waals surface area contributed by atoms with Gasteiger partial charge in [0.1, 0.15) is 0 Å². The molecule has 0 bridgehead atoms. The maximum absolute atomic E-state index is 8.64. The van der Waals surface area contributed by atoms with Crippen LogP contribution in [0.3, 0.4) is 0 Å². The normalized spacial score (nSPS) is 9.71. The Morgan fingerprint density at radius 1 is 1.05 bits per heavy atom. The molecule has 0 unspecified atom stereocenters. The molecule has 0 aliphatic carbocycles. The van der Waals surface area contributed by atoms with Crippen molar-refractivity contribution in [3.05, 3.63) is 59.7 Å². The Morgan fingerprint density at radius 3 is 2.43 bits per heavy atom. The molecule has 4 heteroatoms. The molecule has 0 radical (unpaired) electrons. The number of nitriles is 1. The second-order valence-corrected chi connectivity index (χ2v) is 5.07. The summed E-state index contributed by atoms with van der Waals surface area (Å²) >= 11 is 5.31. The second kappa shape index (κ2) is 7.41. The van der Waals surface area contributed by atoms with E-state index in [4.69, 9.17) is 17.5 Å². The van der Waals surface area contributed by atoms with Crippen molar-refractivity contribution < 1.29 is 0 Å². The van der Waals surface area contributed by atoms with Gasteiger partial charge < -0.3 is 10.6 Å². The first-order valence-corrected chi connectivity index (χ1v) is 7.25. The summed E-state index contributed by atoms with van der Waals surface area (Å²) in [6.45, 7) is 2.12. The minimum Gasteiger partial charge on any atom is -0.332 e. The number of nitrogens with zero attached hydrogens (tertiary/aromatic N) is 1. The van der Waals surface area contributed by atoms with E-state index in [0.717, 1.165) is 23.4 Å². The first-order valence-electron chi connectivity index (χ1n) is 6.84. The third-order valence-electron chi connectivity index (χ3n) is 3.09. The maximum atomic E-state index is 8.64. The van der Waals surface area contributed by atoms with Crippen molar-refractivity contribution >= 4 is 28.7 Å². The van der Waals surface area contributed by atoms with E-state index < -0.39 is 0 Å². The molecule has 2 N–H and O–H groups in total. The predicted molar refractivity (Wildman–Crippen MR) is 91.4 cm³/mol. The van der Waals surface area contributed by atoms with Crippen LogP contribution in [0.5, 0.6) is 0 Å². The summed E-state index contributed by atoms with van der Waals surface area (Å²) in [5.41, 5.74) is 4.15. The fourth-order valence-electron chi connectivity index (χ4n) is 1.96. The molecule has 0 aliphatic rings. The molecule has 0 aromatic heterocycles. The van der Waals surface area contributed by atoms with Crippen LogP contribution in [0.15, 0.2) is 48.5 Å². The minimum absolute atomic E-state index is 0.423. The molecule has 2 aromatic rings. The summed E-state index contributed by atoms with van der Waals surface area (Å²) < 4.78 is 0. The lowest BCUT2D eigenvalue weighted by molar-refractivity contribution is 1.14. The Labute approximate surface area is 130 Å². The topological polar surface area (TPSA) is 47.8 Å². The van der Waals surface area contributed by atoms with E-state index in [0.29, 0.717) is 11.5 Å². The lowest BCUT2D eigenvalue weighted by Crippen LogP contribution is -2.19. The van der Waals surface area contributed by atoms with Crippen molar-refractivity contribution in [3.8, 4) is 6.07 Å². The van der Waals surface area contributed by atoms with Crippen molar-refractivity contribution in [1.29, 1.82) is 5.26 Å². The summed E-state index contributed by atoms with van der Waals surface area (Å²) in [5, 5.41) is 15.5.